The topological polar surface area (TPSA) is 38.4 Å². The Balaban J connectivity index is 1.75. The quantitative estimate of drug-likeness (QED) is 0.559. The van der Waals surface area contributed by atoms with E-state index in [0.717, 1.165) is 11.8 Å². The van der Waals surface area contributed by atoms with Gasteiger partial charge in [0.1, 0.15) is 0 Å². The molecule has 0 unspecified atom stereocenters. The van der Waals surface area contributed by atoms with E-state index >= 15 is 0 Å². The molecule has 2 aliphatic rings. The van der Waals surface area contributed by atoms with Crippen molar-refractivity contribution in [3.63, 3.8) is 0 Å². The summed E-state index contributed by atoms with van der Waals surface area (Å²) in [4.78, 5) is 4.69. The lowest BCUT2D eigenvalue weighted by atomic mass is 9.84. The Bertz CT molecular complexity index is 223. The summed E-state index contributed by atoms with van der Waals surface area (Å²) in [5, 5.41) is 0. The average Bonchev–Trinajstić information content (AvgIpc) is 3.04. The van der Waals surface area contributed by atoms with Gasteiger partial charge in [-0.3, -0.25) is 4.99 Å². The van der Waals surface area contributed by atoms with E-state index in [1.54, 1.807) is 0 Å². The zero-order chi connectivity index (χ0) is 10.7. The third kappa shape index (κ3) is 3.22. The summed E-state index contributed by atoms with van der Waals surface area (Å²) in [6.45, 7) is 2.29. The van der Waals surface area contributed by atoms with Crippen LogP contribution < -0.4 is 5.73 Å². The molecule has 2 rings (SSSR count). The Kier molecular flexibility index (Phi) is 3.66. The molecule has 0 aromatic carbocycles. The van der Waals surface area contributed by atoms with Gasteiger partial charge in [-0.05, 0) is 44.4 Å². The molecule has 0 bridgehead atoms. The number of aliphatic imine (C=N–C) groups is 1. The van der Waals surface area contributed by atoms with Crippen molar-refractivity contribution < 1.29 is 0 Å². The van der Waals surface area contributed by atoms with E-state index in [2.05, 4.69) is 11.9 Å². The monoisotopic (exact) mass is 208 g/mol. The third-order valence-electron chi connectivity index (χ3n) is 3.84. The van der Waals surface area contributed by atoms with Gasteiger partial charge in [-0.2, -0.15) is 0 Å². The van der Waals surface area contributed by atoms with Crippen LogP contribution in [0, 0.1) is 11.8 Å². The lowest BCUT2D eigenvalue weighted by Crippen LogP contribution is -2.22. The maximum absolute atomic E-state index is 5.95. The normalized spacial score (nSPS) is 33.0. The molecule has 0 aromatic rings. The second-order valence-corrected chi connectivity index (χ2v) is 5.29. The van der Waals surface area contributed by atoms with Gasteiger partial charge in [0.15, 0.2) is 0 Å². The molecule has 2 aliphatic carbocycles. The van der Waals surface area contributed by atoms with E-state index in [1.165, 1.54) is 51.4 Å². The molecule has 0 aromatic heterocycles. The van der Waals surface area contributed by atoms with E-state index < -0.39 is 0 Å². The Morgan fingerprint density at radius 3 is 2.33 bits per heavy atom. The Morgan fingerprint density at radius 2 is 1.80 bits per heavy atom. The predicted molar refractivity (Wildman–Crippen MR) is 65.0 cm³/mol. The Hall–Kier alpha value is -0.530. The van der Waals surface area contributed by atoms with Crippen LogP contribution in [0.15, 0.2) is 4.99 Å². The summed E-state index contributed by atoms with van der Waals surface area (Å²) in [6, 6.07) is 0.554. The smallest absolute Gasteiger partial charge is 0.0971 e. The maximum atomic E-state index is 5.95. The summed E-state index contributed by atoms with van der Waals surface area (Å²) in [7, 11) is 0. The van der Waals surface area contributed by atoms with Gasteiger partial charge in [-0.1, -0.05) is 19.8 Å². The minimum Gasteiger partial charge on any atom is -0.387 e. The van der Waals surface area contributed by atoms with Crippen LogP contribution in [0.1, 0.15) is 58.3 Å². The van der Waals surface area contributed by atoms with Gasteiger partial charge < -0.3 is 5.73 Å². The third-order valence-corrected chi connectivity index (χ3v) is 3.84. The van der Waals surface area contributed by atoms with Crippen molar-refractivity contribution in [2.45, 2.75) is 64.3 Å². The summed E-state index contributed by atoms with van der Waals surface area (Å²) < 4.78 is 0. The molecule has 0 spiro atoms. The first kappa shape index (κ1) is 11.0. The lowest BCUT2D eigenvalue weighted by molar-refractivity contribution is 0.309. The first-order valence-corrected chi connectivity index (χ1v) is 6.62. The van der Waals surface area contributed by atoms with Crippen LogP contribution in [0.5, 0.6) is 0 Å². The van der Waals surface area contributed by atoms with E-state index in [9.17, 15) is 0 Å². The first-order valence-electron chi connectivity index (χ1n) is 6.62. The van der Waals surface area contributed by atoms with Crippen LogP contribution in [0.4, 0.5) is 0 Å². The highest BCUT2D eigenvalue weighted by atomic mass is 14.9. The molecule has 2 nitrogen and oxygen atoms in total. The first-order chi connectivity index (χ1) is 7.29. The average molecular weight is 208 g/mol. The molecule has 2 heteroatoms. The largest absolute Gasteiger partial charge is 0.387 e. The van der Waals surface area contributed by atoms with E-state index in [0.29, 0.717) is 12.0 Å². The van der Waals surface area contributed by atoms with Gasteiger partial charge in [0, 0.05) is 5.92 Å². The van der Waals surface area contributed by atoms with Crippen LogP contribution >= 0.6 is 0 Å². The van der Waals surface area contributed by atoms with E-state index in [4.69, 9.17) is 5.73 Å². The van der Waals surface area contributed by atoms with Crippen molar-refractivity contribution in [3.8, 4) is 0 Å². The molecular weight excluding hydrogens is 184 g/mol. The van der Waals surface area contributed by atoms with Gasteiger partial charge in [0.2, 0.25) is 0 Å². The number of nitrogens with zero attached hydrogens (tertiary/aromatic N) is 1. The molecule has 0 atom stereocenters. The SMILES string of the molecule is CCCC1CCC(N=C(N)C2CC2)CC1. The summed E-state index contributed by atoms with van der Waals surface area (Å²) in [6.07, 6.45) is 10.6. The minimum atomic E-state index is 0.554. The van der Waals surface area contributed by atoms with Crippen LogP contribution in [0.2, 0.25) is 0 Å². The molecule has 86 valence electrons. The molecule has 0 aliphatic heterocycles. The van der Waals surface area contributed by atoms with Crippen molar-refractivity contribution in [2.75, 3.05) is 0 Å². The van der Waals surface area contributed by atoms with Crippen molar-refractivity contribution in [3.05, 3.63) is 0 Å². The fraction of sp³-hybridized carbons (Fsp3) is 0.923. The molecule has 0 amide bonds. The van der Waals surface area contributed by atoms with Crippen LogP contribution in [-0.4, -0.2) is 11.9 Å². The number of hydrogen-bond donors (Lipinski definition) is 1. The molecule has 0 heterocycles. The van der Waals surface area contributed by atoms with Gasteiger partial charge in [-0.15, -0.1) is 0 Å². The van der Waals surface area contributed by atoms with Crippen molar-refractivity contribution >= 4 is 5.84 Å². The second-order valence-electron chi connectivity index (χ2n) is 5.29. The number of hydrogen-bond acceptors (Lipinski definition) is 1. The highest BCUT2D eigenvalue weighted by Crippen LogP contribution is 2.32. The predicted octanol–water partition coefficient (Wildman–Crippen LogP) is 3.11. The van der Waals surface area contributed by atoms with Gasteiger partial charge in [0.25, 0.3) is 0 Å². The van der Waals surface area contributed by atoms with Crippen molar-refractivity contribution in [2.24, 2.45) is 22.6 Å². The molecule has 2 saturated carbocycles. The molecule has 0 saturated heterocycles. The zero-order valence-electron chi connectivity index (χ0n) is 9.91. The van der Waals surface area contributed by atoms with Gasteiger partial charge in [0.05, 0.1) is 11.9 Å². The molecule has 2 fully saturated rings. The summed E-state index contributed by atoms with van der Waals surface area (Å²) in [5.41, 5.74) is 5.95. The summed E-state index contributed by atoms with van der Waals surface area (Å²) >= 11 is 0. The standard InChI is InChI=1S/C13H24N2/c1-2-3-10-4-8-12(9-5-10)15-13(14)11-6-7-11/h10-12H,2-9H2,1H3,(H2,14,15). The van der Waals surface area contributed by atoms with Gasteiger partial charge >= 0.3 is 0 Å². The number of nitrogens with two attached hydrogens (primary N) is 1. The molecule has 2 N–H and O–H groups in total. The Labute approximate surface area is 93.3 Å². The zero-order valence-corrected chi connectivity index (χ0v) is 9.91. The molecule has 0 radical (unpaired) electrons. The highest BCUT2D eigenvalue weighted by molar-refractivity contribution is 5.85. The number of amidine groups is 1. The summed E-state index contributed by atoms with van der Waals surface area (Å²) in [5.74, 6) is 2.58. The highest BCUT2D eigenvalue weighted by Gasteiger charge is 2.27. The fourth-order valence-electron chi connectivity index (χ4n) is 2.67. The van der Waals surface area contributed by atoms with E-state index in [1.807, 2.05) is 0 Å². The lowest BCUT2D eigenvalue weighted by Gasteiger charge is -2.26. The fourth-order valence-corrected chi connectivity index (χ4v) is 2.67. The number of rotatable bonds is 4. The van der Waals surface area contributed by atoms with Crippen LogP contribution in [-0.2, 0) is 0 Å². The van der Waals surface area contributed by atoms with Crippen LogP contribution in [0.3, 0.4) is 0 Å². The molecular formula is C13H24N2. The van der Waals surface area contributed by atoms with Crippen LogP contribution in [0.25, 0.3) is 0 Å². The molecule has 15 heavy (non-hydrogen) atoms. The maximum Gasteiger partial charge on any atom is 0.0971 e. The second kappa shape index (κ2) is 5.00. The van der Waals surface area contributed by atoms with Gasteiger partial charge in [-0.25, -0.2) is 0 Å². The van der Waals surface area contributed by atoms with Crippen molar-refractivity contribution in [1.29, 1.82) is 0 Å². The minimum absolute atomic E-state index is 0.554. The Morgan fingerprint density at radius 1 is 1.13 bits per heavy atom. The van der Waals surface area contributed by atoms with Crippen molar-refractivity contribution in [1.82, 2.24) is 0 Å². The van der Waals surface area contributed by atoms with E-state index in [-0.39, 0.29) is 0 Å².